The fourth-order valence-electron chi connectivity index (χ4n) is 3.46. The number of carbonyl (C=O) groups is 2. The molecule has 2 rings (SSSR count). The number of benzene rings is 1. The molecule has 1 aliphatic rings. The summed E-state index contributed by atoms with van der Waals surface area (Å²) in [7, 11) is 0. The highest BCUT2D eigenvalue weighted by molar-refractivity contribution is 6.30. The summed E-state index contributed by atoms with van der Waals surface area (Å²) >= 11 is 11.7. The summed E-state index contributed by atoms with van der Waals surface area (Å²) in [4.78, 5) is 28.6. The molecule has 0 amide bonds. The minimum Gasteiger partial charge on any atom is -0.481 e. The third-order valence-electron chi connectivity index (χ3n) is 4.97. The van der Waals surface area contributed by atoms with Crippen LogP contribution in [-0.2, 0) is 14.3 Å². The fourth-order valence-corrected chi connectivity index (χ4v) is 3.76. The molecule has 1 aromatic rings. The van der Waals surface area contributed by atoms with Gasteiger partial charge in [0.05, 0.1) is 30.4 Å². The average Bonchev–Trinajstić information content (AvgIpc) is 2.57. The van der Waals surface area contributed by atoms with Crippen molar-refractivity contribution < 1.29 is 24.5 Å². The van der Waals surface area contributed by atoms with Crippen LogP contribution in [0.25, 0.3) is 0 Å². The number of nitrogens with zero attached hydrogens (tertiary/aromatic N) is 1. The lowest BCUT2D eigenvalue weighted by Crippen LogP contribution is -2.53. The monoisotopic (exact) mass is 401 g/mol. The van der Waals surface area contributed by atoms with Gasteiger partial charge in [0.1, 0.15) is 5.92 Å². The van der Waals surface area contributed by atoms with E-state index in [-0.39, 0.29) is 19.1 Å². The number of rotatable bonds is 7. The highest BCUT2D eigenvalue weighted by atomic mass is 35.5. The van der Waals surface area contributed by atoms with Crippen molar-refractivity contribution in [3.63, 3.8) is 0 Å². The largest absolute Gasteiger partial charge is 0.481 e. The van der Waals surface area contributed by atoms with Gasteiger partial charge in [-0.3, -0.25) is 14.6 Å². The number of hydrogen-bond donors (Lipinski definition) is 2. The van der Waals surface area contributed by atoms with Crippen LogP contribution in [0.3, 0.4) is 0 Å². The zero-order valence-electron chi connectivity index (χ0n) is 14.5. The highest BCUT2D eigenvalue weighted by Crippen LogP contribution is 2.49. The lowest BCUT2D eigenvalue weighted by Gasteiger charge is -2.44. The summed E-state index contributed by atoms with van der Waals surface area (Å²) in [6.07, 6.45) is 0. The summed E-state index contributed by atoms with van der Waals surface area (Å²) in [5.41, 5.74) is -0.561. The van der Waals surface area contributed by atoms with Crippen LogP contribution in [0.15, 0.2) is 29.3 Å². The Morgan fingerprint density at radius 1 is 1.35 bits per heavy atom. The molecule has 4 atom stereocenters. The van der Waals surface area contributed by atoms with Gasteiger partial charge in [-0.2, -0.15) is 0 Å². The average molecular weight is 402 g/mol. The lowest BCUT2D eigenvalue weighted by molar-refractivity contribution is -0.154. The Kier molecular flexibility index (Phi) is 6.66. The highest BCUT2D eigenvalue weighted by Gasteiger charge is 2.56. The molecule has 0 saturated carbocycles. The maximum absolute atomic E-state index is 12.1. The number of aliphatic carboxylic acids is 2. The molecule has 0 saturated heterocycles. The van der Waals surface area contributed by atoms with Crippen molar-refractivity contribution in [1.29, 1.82) is 0 Å². The molecule has 26 heavy (non-hydrogen) atoms. The number of hydrogen-bond acceptors (Lipinski definition) is 4. The molecule has 1 heterocycles. The normalized spacial score (nSPS) is 28.5. The van der Waals surface area contributed by atoms with Crippen LogP contribution >= 0.6 is 23.2 Å². The van der Waals surface area contributed by atoms with E-state index in [1.54, 1.807) is 31.2 Å². The number of carboxylic acids is 2. The molecule has 2 N–H and O–H groups in total. The molecule has 8 heteroatoms. The summed E-state index contributed by atoms with van der Waals surface area (Å²) in [5, 5.41) is 20.2. The molecular formula is C18H21Cl2NO5. The molecule has 6 nitrogen and oxygen atoms in total. The van der Waals surface area contributed by atoms with Gasteiger partial charge < -0.3 is 14.9 Å². The van der Waals surface area contributed by atoms with Crippen molar-refractivity contribution in [1.82, 2.24) is 0 Å². The predicted octanol–water partition coefficient (Wildman–Crippen LogP) is 3.31. The van der Waals surface area contributed by atoms with Gasteiger partial charge in [0.2, 0.25) is 0 Å². The molecule has 1 aromatic carbocycles. The molecule has 142 valence electrons. The molecule has 0 radical (unpaired) electrons. The topological polar surface area (TPSA) is 96.2 Å². The van der Waals surface area contributed by atoms with Gasteiger partial charge in [0.25, 0.3) is 0 Å². The molecule has 1 aliphatic heterocycles. The van der Waals surface area contributed by atoms with E-state index in [4.69, 9.17) is 27.9 Å². The van der Waals surface area contributed by atoms with Crippen molar-refractivity contribution >= 4 is 40.9 Å². The van der Waals surface area contributed by atoms with Crippen LogP contribution in [0.5, 0.6) is 0 Å². The van der Waals surface area contributed by atoms with Crippen molar-refractivity contribution in [2.45, 2.75) is 25.8 Å². The maximum atomic E-state index is 12.1. The Hall–Kier alpha value is -1.63. The minimum absolute atomic E-state index is 0.0131. The number of halogens is 2. The van der Waals surface area contributed by atoms with Crippen LogP contribution in [0.4, 0.5) is 0 Å². The number of alkyl halides is 1. The van der Waals surface area contributed by atoms with Gasteiger partial charge in [-0.15, -0.1) is 11.6 Å². The fraction of sp³-hybridized carbons (Fsp3) is 0.500. The van der Waals surface area contributed by atoms with E-state index in [0.29, 0.717) is 16.3 Å². The molecule has 0 aliphatic carbocycles. The van der Waals surface area contributed by atoms with Gasteiger partial charge in [-0.05, 0) is 31.5 Å². The first-order valence-corrected chi connectivity index (χ1v) is 9.06. The van der Waals surface area contributed by atoms with Crippen LogP contribution < -0.4 is 0 Å². The standard InChI is InChI=1S/C18H21Cl2NO5/c1-10-18(2,17(24)25)15(11-4-3-5-12(20)8-11)14(16(22)23)13(21-10)9-26-7-6-19/h3-5,8,10,14-15H,6-7,9H2,1-2H3,(H,22,23)(H,24,25). The number of aliphatic imine (C=N–C) groups is 1. The minimum atomic E-state index is -1.41. The maximum Gasteiger partial charge on any atom is 0.312 e. The van der Waals surface area contributed by atoms with Crippen molar-refractivity contribution in [3.05, 3.63) is 34.9 Å². The van der Waals surface area contributed by atoms with Crippen LogP contribution in [0, 0.1) is 11.3 Å². The molecule has 0 bridgehead atoms. The van der Waals surface area contributed by atoms with Crippen LogP contribution in [-0.4, -0.2) is 53.0 Å². The first-order valence-electron chi connectivity index (χ1n) is 8.15. The Balaban J connectivity index is 2.61. The van der Waals surface area contributed by atoms with Crippen LogP contribution in [0.1, 0.15) is 25.3 Å². The number of ether oxygens (including phenoxy) is 1. The van der Waals surface area contributed by atoms with Gasteiger partial charge >= 0.3 is 11.9 Å². The molecule has 0 spiro atoms. The smallest absolute Gasteiger partial charge is 0.312 e. The van der Waals surface area contributed by atoms with Crippen molar-refractivity contribution in [2.24, 2.45) is 16.3 Å². The zero-order valence-corrected chi connectivity index (χ0v) is 16.0. The number of carboxylic acid groups (broad SMARTS) is 2. The summed E-state index contributed by atoms with van der Waals surface area (Å²) < 4.78 is 5.39. The van der Waals surface area contributed by atoms with E-state index in [1.165, 1.54) is 6.92 Å². The van der Waals surface area contributed by atoms with E-state index in [0.717, 1.165) is 0 Å². The first kappa shape index (κ1) is 20.7. The van der Waals surface area contributed by atoms with E-state index >= 15 is 0 Å². The van der Waals surface area contributed by atoms with Gasteiger partial charge in [0.15, 0.2) is 0 Å². The second kappa shape index (κ2) is 8.37. The molecule has 4 unspecified atom stereocenters. The molecule has 0 aromatic heterocycles. The Morgan fingerprint density at radius 3 is 2.58 bits per heavy atom. The third-order valence-corrected chi connectivity index (χ3v) is 5.36. The lowest BCUT2D eigenvalue weighted by atomic mass is 9.61. The Bertz CT molecular complexity index is 723. The van der Waals surface area contributed by atoms with Crippen molar-refractivity contribution in [2.75, 3.05) is 19.1 Å². The molecular weight excluding hydrogens is 381 g/mol. The third kappa shape index (κ3) is 3.87. The van der Waals surface area contributed by atoms with E-state index < -0.39 is 35.2 Å². The summed E-state index contributed by atoms with van der Waals surface area (Å²) in [5.74, 6) is -3.97. The van der Waals surface area contributed by atoms with E-state index in [1.807, 2.05) is 0 Å². The van der Waals surface area contributed by atoms with Crippen LogP contribution in [0.2, 0.25) is 5.02 Å². The quantitative estimate of drug-likeness (QED) is 0.539. The van der Waals surface area contributed by atoms with E-state index in [9.17, 15) is 19.8 Å². The second-order valence-corrected chi connectivity index (χ2v) is 7.29. The summed E-state index contributed by atoms with van der Waals surface area (Å²) in [6, 6.07) is 6.00. The summed E-state index contributed by atoms with van der Waals surface area (Å²) in [6.45, 7) is 3.44. The Labute approximate surface area is 161 Å². The predicted molar refractivity (Wildman–Crippen MR) is 99.5 cm³/mol. The zero-order chi connectivity index (χ0) is 19.5. The van der Waals surface area contributed by atoms with Gasteiger partial charge in [0, 0.05) is 16.8 Å². The SMILES string of the molecule is CC1N=C(COCCCl)C(C(=O)O)C(c2cccc(Cl)c2)C1(C)C(=O)O. The van der Waals surface area contributed by atoms with Gasteiger partial charge in [-0.25, -0.2) is 0 Å². The Morgan fingerprint density at radius 2 is 2.04 bits per heavy atom. The van der Waals surface area contributed by atoms with Gasteiger partial charge in [-0.1, -0.05) is 23.7 Å². The second-order valence-electron chi connectivity index (χ2n) is 6.47. The first-order chi connectivity index (χ1) is 12.2. The van der Waals surface area contributed by atoms with Crippen molar-refractivity contribution in [3.8, 4) is 0 Å². The molecule has 0 fully saturated rings. The van der Waals surface area contributed by atoms with E-state index in [2.05, 4.69) is 4.99 Å².